The van der Waals surface area contributed by atoms with E-state index in [9.17, 15) is 8.42 Å². The number of benzene rings is 1. The number of nitrogens with one attached hydrogen (secondary N) is 1. The summed E-state index contributed by atoms with van der Waals surface area (Å²) in [5.74, 6) is 0.709. The van der Waals surface area contributed by atoms with Crippen LogP contribution in [0, 0.1) is 0 Å². The van der Waals surface area contributed by atoms with Crippen LogP contribution >= 0.6 is 12.4 Å². The highest BCUT2D eigenvalue weighted by atomic mass is 35.5. The third-order valence-electron chi connectivity index (χ3n) is 3.54. The lowest BCUT2D eigenvalue weighted by molar-refractivity contribution is 0.143. The smallest absolute Gasteiger partial charge is 0.175 e. The Bertz CT molecular complexity index is 534. The van der Waals surface area contributed by atoms with E-state index < -0.39 is 9.84 Å². The van der Waals surface area contributed by atoms with Crippen LogP contribution in [0.4, 0.5) is 0 Å². The highest BCUT2D eigenvalue weighted by Gasteiger charge is 2.17. The van der Waals surface area contributed by atoms with Gasteiger partial charge in [-0.05, 0) is 31.2 Å². The summed E-state index contributed by atoms with van der Waals surface area (Å²) in [7, 11) is -3.14. The second kappa shape index (κ2) is 7.98. The topological polar surface area (TPSA) is 58.6 Å². The van der Waals surface area contributed by atoms with Gasteiger partial charge in [-0.15, -0.1) is 12.4 Å². The minimum Gasteiger partial charge on any atom is -0.492 e. The van der Waals surface area contributed by atoms with Crippen molar-refractivity contribution in [1.82, 2.24) is 10.2 Å². The van der Waals surface area contributed by atoms with Gasteiger partial charge in [0.25, 0.3) is 0 Å². The van der Waals surface area contributed by atoms with Crippen LogP contribution in [0.25, 0.3) is 0 Å². The first-order valence-corrected chi connectivity index (χ1v) is 8.73. The van der Waals surface area contributed by atoms with E-state index in [1.54, 1.807) is 24.3 Å². The Hall–Kier alpha value is -0.820. The Kier molecular flexibility index (Phi) is 6.93. The molecule has 1 heterocycles. The zero-order chi connectivity index (χ0) is 14.6. The molecule has 1 saturated heterocycles. The predicted octanol–water partition coefficient (Wildman–Crippen LogP) is 1.18. The Morgan fingerprint density at radius 2 is 2.00 bits per heavy atom. The van der Waals surface area contributed by atoms with E-state index in [-0.39, 0.29) is 12.4 Å². The number of hydrogen-bond acceptors (Lipinski definition) is 5. The molecular weight excluding hydrogens is 312 g/mol. The summed E-state index contributed by atoms with van der Waals surface area (Å²) in [5.41, 5.74) is 0. The molecule has 7 heteroatoms. The quantitative estimate of drug-likeness (QED) is 0.876. The summed E-state index contributed by atoms with van der Waals surface area (Å²) in [6, 6.07) is 7.10. The molecule has 1 fully saturated rings. The molecule has 5 nitrogen and oxygen atoms in total. The highest BCUT2D eigenvalue weighted by Crippen LogP contribution is 2.15. The first-order chi connectivity index (χ1) is 9.47. The van der Waals surface area contributed by atoms with Gasteiger partial charge >= 0.3 is 0 Å². The second-order valence-electron chi connectivity index (χ2n) is 5.18. The van der Waals surface area contributed by atoms with Gasteiger partial charge in [-0.2, -0.15) is 0 Å². The molecule has 1 aromatic rings. The van der Waals surface area contributed by atoms with Crippen molar-refractivity contribution in [3.8, 4) is 5.75 Å². The number of nitrogens with zero attached hydrogens (tertiary/aromatic N) is 1. The molecule has 0 radical (unpaired) electrons. The van der Waals surface area contributed by atoms with Crippen molar-refractivity contribution in [2.45, 2.75) is 17.9 Å². The Labute approximate surface area is 133 Å². The number of piperazine rings is 1. The average molecular weight is 335 g/mol. The van der Waals surface area contributed by atoms with Gasteiger partial charge in [0.1, 0.15) is 12.4 Å². The van der Waals surface area contributed by atoms with E-state index in [4.69, 9.17) is 4.74 Å². The van der Waals surface area contributed by atoms with Crippen molar-refractivity contribution < 1.29 is 13.2 Å². The third kappa shape index (κ3) is 5.47. The van der Waals surface area contributed by atoms with Crippen molar-refractivity contribution in [3.05, 3.63) is 24.3 Å². The summed E-state index contributed by atoms with van der Waals surface area (Å²) in [5, 5.41) is 3.35. The van der Waals surface area contributed by atoms with Gasteiger partial charge in [-0.25, -0.2) is 8.42 Å². The molecule has 0 amide bonds. The second-order valence-corrected chi connectivity index (χ2v) is 7.20. The molecule has 2 rings (SSSR count). The molecule has 0 spiro atoms. The Morgan fingerprint density at radius 3 is 2.57 bits per heavy atom. The van der Waals surface area contributed by atoms with Crippen molar-refractivity contribution in [1.29, 1.82) is 0 Å². The number of halogens is 1. The van der Waals surface area contributed by atoms with E-state index in [1.165, 1.54) is 6.26 Å². The van der Waals surface area contributed by atoms with Crippen molar-refractivity contribution in [2.75, 3.05) is 39.0 Å². The summed E-state index contributed by atoms with van der Waals surface area (Å²) in [4.78, 5) is 2.71. The highest BCUT2D eigenvalue weighted by molar-refractivity contribution is 7.90. The normalized spacial score (nSPS) is 19.8. The minimum atomic E-state index is -3.14. The Morgan fingerprint density at radius 1 is 1.33 bits per heavy atom. The van der Waals surface area contributed by atoms with Gasteiger partial charge in [0.2, 0.25) is 0 Å². The molecule has 1 aliphatic heterocycles. The largest absolute Gasteiger partial charge is 0.492 e. The maximum atomic E-state index is 11.3. The fourth-order valence-corrected chi connectivity index (χ4v) is 2.91. The lowest BCUT2D eigenvalue weighted by atomic mass is 10.2. The average Bonchev–Trinajstić information content (AvgIpc) is 2.40. The Balaban J connectivity index is 0.00000220. The van der Waals surface area contributed by atoms with Gasteiger partial charge in [0.05, 0.1) is 4.90 Å². The van der Waals surface area contributed by atoms with E-state index in [0.717, 1.165) is 26.2 Å². The number of sulfone groups is 1. The summed E-state index contributed by atoms with van der Waals surface area (Å²) in [6.07, 6.45) is 1.20. The van der Waals surface area contributed by atoms with Crippen LogP contribution in [0.1, 0.15) is 6.92 Å². The molecule has 1 aromatic carbocycles. The predicted molar refractivity (Wildman–Crippen MR) is 86.2 cm³/mol. The summed E-state index contributed by atoms with van der Waals surface area (Å²) < 4.78 is 28.4. The van der Waals surface area contributed by atoms with E-state index in [1.807, 2.05) is 0 Å². The molecular formula is C14H23ClN2O3S. The zero-order valence-corrected chi connectivity index (χ0v) is 14.0. The lowest BCUT2D eigenvalue weighted by Crippen LogP contribution is -2.50. The van der Waals surface area contributed by atoms with Crippen LogP contribution in [0.3, 0.4) is 0 Å². The lowest BCUT2D eigenvalue weighted by Gasteiger charge is -2.33. The molecule has 0 saturated carbocycles. The molecule has 21 heavy (non-hydrogen) atoms. The molecule has 0 aliphatic carbocycles. The molecule has 120 valence electrons. The SMILES string of the molecule is C[C@H]1CNCCN1CCOc1ccc(S(C)(=O)=O)cc1.Cl. The molecule has 1 atom stereocenters. The van der Waals surface area contributed by atoms with Crippen molar-refractivity contribution >= 4 is 22.2 Å². The van der Waals surface area contributed by atoms with E-state index in [0.29, 0.717) is 23.3 Å². The van der Waals surface area contributed by atoms with Gasteiger partial charge in [-0.3, -0.25) is 4.90 Å². The molecule has 0 aromatic heterocycles. The van der Waals surface area contributed by atoms with Gasteiger partial charge in [0, 0.05) is 38.5 Å². The maximum absolute atomic E-state index is 11.3. The molecule has 1 N–H and O–H groups in total. The van der Waals surface area contributed by atoms with Crippen LogP contribution < -0.4 is 10.1 Å². The molecule has 1 aliphatic rings. The molecule has 0 unspecified atom stereocenters. The van der Waals surface area contributed by atoms with Crippen LogP contribution in [-0.4, -0.2) is 58.4 Å². The van der Waals surface area contributed by atoms with Crippen molar-refractivity contribution in [3.63, 3.8) is 0 Å². The van der Waals surface area contributed by atoms with E-state index >= 15 is 0 Å². The summed E-state index contributed by atoms with van der Waals surface area (Å²) >= 11 is 0. The van der Waals surface area contributed by atoms with Crippen LogP contribution in [0.5, 0.6) is 5.75 Å². The first-order valence-electron chi connectivity index (χ1n) is 6.84. The van der Waals surface area contributed by atoms with Gasteiger partial charge in [-0.1, -0.05) is 0 Å². The van der Waals surface area contributed by atoms with Crippen LogP contribution in [0.15, 0.2) is 29.2 Å². The van der Waals surface area contributed by atoms with Gasteiger partial charge < -0.3 is 10.1 Å². The summed E-state index contributed by atoms with van der Waals surface area (Å²) in [6.45, 7) is 6.78. The first kappa shape index (κ1) is 18.2. The third-order valence-corrected chi connectivity index (χ3v) is 4.67. The number of hydrogen-bond donors (Lipinski definition) is 1. The zero-order valence-electron chi connectivity index (χ0n) is 12.4. The van der Waals surface area contributed by atoms with Crippen molar-refractivity contribution in [2.24, 2.45) is 0 Å². The fourth-order valence-electron chi connectivity index (χ4n) is 2.28. The molecule has 0 bridgehead atoms. The maximum Gasteiger partial charge on any atom is 0.175 e. The number of ether oxygens (including phenoxy) is 1. The number of rotatable bonds is 5. The van der Waals surface area contributed by atoms with Crippen LogP contribution in [0.2, 0.25) is 0 Å². The minimum absolute atomic E-state index is 0. The van der Waals surface area contributed by atoms with Crippen LogP contribution in [-0.2, 0) is 9.84 Å². The monoisotopic (exact) mass is 334 g/mol. The standard InChI is InChI=1S/C14H22N2O3S.ClH/c1-12-11-15-7-8-16(12)9-10-19-13-3-5-14(6-4-13)20(2,17)18;/h3-6,12,15H,7-11H2,1-2H3;1H/t12-;/m0./s1. The van der Waals surface area contributed by atoms with Gasteiger partial charge in [0.15, 0.2) is 9.84 Å². The van der Waals surface area contributed by atoms with E-state index in [2.05, 4.69) is 17.1 Å². The fraction of sp³-hybridized carbons (Fsp3) is 0.571.